The van der Waals surface area contributed by atoms with Crippen molar-refractivity contribution in [3.63, 3.8) is 0 Å². The van der Waals surface area contributed by atoms with Gasteiger partial charge in [-0.1, -0.05) is 24.3 Å². The topological polar surface area (TPSA) is 46.5 Å². The molecule has 1 N–H and O–H groups in total. The lowest BCUT2D eigenvalue weighted by atomic mass is 10.0. The van der Waals surface area contributed by atoms with Crippen molar-refractivity contribution in [3.8, 4) is 5.75 Å². The van der Waals surface area contributed by atoms with Gasteiger partial charge < -0.3 is 9.84 Å². The predicted molar refractivity (Wildman–Crippen MR) is 61.6 cm³/mol. The number of benzene rings is 2. The second-order valence-corrected chi connectivity index (χ2v) is 3.40. The molecule has 0 fully saturated rings. The number of ether oxygens (including phenoxy) is 1. The van der Waals surface area contributed by atoms with Crippen LogP contribution in [-0.2, 0) is 4.74 Å². The van der Waals surface area contributed by atoms with Crippen molar-refractivity contribution < 1.29 is 14.6 Å². The summed E-state index contributed by atoms with van der Waals surface area (Å²) in [7, 11) is 0. The first kappa shape index (κ1) is 10.5. The molecule has 0 spiro atoms. The Bertz CT molecular complexity index is 532. The van der Waals surface area contributed by atoms with Crippen molar-refractivity contribution in [3.05, 3.63) is 42.0 Å². The number of aromatic hydroxyl groups is 1. The molecular weight excluding hydrogens is 204 g/mol. The van der Waals surface area contributed by atoms with Gasteiger partial charge in [-0.05, 0) is 24.4 Å². The average molecular weight is 216 g/mol. The van der Waals surface area contributed by atoms with Crippen LogP contribution in [0.4, 0.5) is 0 Å². The van der Waals surface area contributed by atoms with Gasteiger partial charge in [-0.3, -0.25) is 0 Å². The van der Waals surface area contributed by atoms with Gasteiger partial charge in [0.15, 0.2) is 0 Å². The Morgan fingerprint density at radius 1 is 1.19 bits per heavy atom. The van der Waals surface area contributed by atoms with Crippen LogP contribution in [0.3, 0.4) is 0 Å². The number of carbonyl (C=O) groups excluding carboxylic acids is 1. The Morgan fingerprint density at radius 3 is 2.56 bits per heavy atom. The van der Waals surface area contributed by atoms with Crippen LogP contribution < -0.4 is 0 Å². The highest BCUT2D eigenvalue weighted by atomic mass is 16.5. The number of fused-ring (bicyclic) bond motifs is 1. The summed E-state index contributed by atoms with van der Waals surface area (Å²) in [4.78, 5) is 11.7. The molecule has 0 saturated heterocycles. The van der Waals surface area contributed by atoms with E-state index < -0.39 is 0 Å². The molecule has 0 saturated carbocycles. The second kappa shape index (κ2) is 4.23. The first-order valence-electron chi connectivity index (χ1n) is 5.12. The third-order valence-electron chi connectivity index (χ3n) is 2.40. The van der Waals surface area contributed by atoms with Gasteiger partial charge in [0, 0.05) is 5.39 Å². The van der Waals surface area contributed by atoms with E-state index in [1.54, 1.807) is 25.1 Å². The van der Waals surface area contributed by atoms with Crippen molar-refractivity contribution in [1.29, 1.82) is 0 Å². The quantitative estimate of drug-likeness (QED) is 0.785. The monoisotopic (exact) mass is 216 g/mol. The van der Waals surface area contributed by atoms with Crippen LogP contribution in [0, 0.1) is 0 Å². The van der Waals surface area contributed by atoms with Crippen molar-refractivity contribution >= 4 is 16.7 Å². The van der Waals surface area contributed by atoms with Crippen LogP contribution in [0.15, 0.2) is 36.4 Å². The smallest absolute Gasteiger partial charge is 0.338 e. The molecule has 3 nitrogen and oxygen atoms in total. The Kier molecular flexibility index (Phi) is 2.77. The molecule has 2 aromatic carbocycles. The SMILES string of the molecule is CCOC(=O)c1ccc(O)c2ccccc12. The Balaban J connectivity index is 2.63. The van der Waals surface area contributed by atoms with E-state index >= 15 is 0 Å². The van der Waals surface area contributed by atoms with E-state index in [-0.39, 0.29) is 11.7 Å². The van der Waals surface area contributed by atoms with Crippen LogP contribution in [0.1, 0.15) is 17.3 Å². The number of carbonyl (C=O) groups is 1. The minimum atomic E-state index is -0.362. The number of hydrogen-bond donors (Lipinski definition) is 1. The minimum Gasteiger partial charge on any atom is -0.507 e. The van der Waals surface area contributed by atoms with Crippen LogP contribution in [-0.4, -0.2) is 17.7 Å². The largest absolute Gasteiger partial charge is 0.507 e. The number of rotatable bonds is 2. The third-order valence-corrected chi connectivity index (χ3v) is 2.40. The summed E-state index contributed by atoms with van der Waals surface area (Å²) in [6.07, 6.45) is 0. The van der Waals surface area contributed by atoms with Crippen LogP contribution in [0.25, 0.3) is 10.8 Å². The summed E-state index contributed by atoms with van der Waals surface area (Å²) < 4.78 is 4.96. The van der Waals surface area contributed by atoms with Gasteiger partial charge in [-0.2, -0.15) is 0 Å². The molecule has 0 amide bonds. The Morgan fingerprint density at radius 2 is 1.88 bits per heavy atom. The molecule has 2 aromatic rings. The fourth-order valence-electron chi connectivity index (χ4n) is 1.67. The standard InChI is InChI=1S/C13H12O3/c1-2-16-13(15)11-7-8-12(14)10-6-4-3-5-9(10)11/h3-8,14H,2H2,1H3. The molecule has 2 rings (SSSR count). The summed E-state index contributed by atoms with van der Waals surface area (Å²) in [6, 6.07) is 10.3. The zero-order valence-electron chi connectivity index (χ0n) is 8.93. The second-order valence-electron chi connectivity index (χ2n) is 3.40. The van der Waals surface area contributed by atoms with Crippen molar-refractivity contribution in [2.24, 2.45) is 0 Å². The van der Waals surface area contributed by atoms with Crippen molar-refractivity contribution in [2.45, 2.75) is 6.92 Å². The van der Waals surface area contributed by atoms with Crippen molar-refractivity contribution in [1.82, 2.24) is 0 Å². The van der Waals surface area contributed by atoms with Gasteiger partial charge >= 0.3 is 5.97 Å². The highest BCUT2D eigenvalue weighted by Gasteiger charge is 2.12. The van der Waals surface area contributed by atoms with Crippen molar-refractivity contribution in [2.75, 3.05) is 6.61 Å². The molecule has 16 heavy (non-hydrogen) atoms. The Labute approximate surface area is 93.3 Å². The molecule has 0 heterocycles. The van der Waals surface area contributed by atoms with Crippen LogP contribution in [0.5, 0.6) is 5.75 Å². The van der Waals surface area contributed by atoms with E-state index in [4.69, 9.17) is 4.74 Å². The van der Waals surface area contributed by atoms with E-state index in [0.717, 1.165) is 0 Å². The molecule has 0 atom stereocenters. The fraction of sp³-hybridized carbons (Fsp3) is 0.154. The van der Waals surface area contributed by atoms with Gasteiger partial charge in [0.2, 0.25) is 0 Å². The zero-order valence-corrected chi connectivity index (χ0v) is 8.93. The highest BCUT2D eigenvalue weighted by molar-refractivity contribution is 6.06. The van der Waals surface area contributed by atoms with E-state index in [0.29, 0.717) is 22.9 Å². The van der Waals surface area contributed by atoms with Crippen LogP contribution >= 0.6 is 0 Å². The summed E-state index contributed by atoms with van der Waals surface area (Å²) in [5.41, 5.74) is 0.482. The summed E-state index contributed by atoms with van der Waals surface area (Å²) in [5, 5.41) is 11.0. The molecule has 0 bridgehead atoms. The van der Waals surface area contributed by atoms with E-state index in [2.05, 4.69) is 0 Å². The third kappa shape index (κ3) is 1.72. The molecule has 0 aliphatic carbocycles. The molecule has 0 aromatic heterocycles. The van der Waals surface area contributed by atoms with E-state index in [9.17, 15) is 9.90 Å². The summed E-state index contributed by atoms with van der Waals surface area (Å²) >= 11 is 0. The number of hydrogen-bond acceptors (Lipinski definition) is 3. The minimum absolute atomic E-state index is 0.170. The first-order valence-corrected chi connectivity index (χ1v) is 5.12. The van der Waals surface area contributed by atoms with E-state index in [1.165, 1.54) is 6.07 Å². The predicted octanol–water partition coefficient (Wildman–Crippen LogP) is 2.72. The number of esters is 1. The highest BCUT2D eigenvalue weighted by Crippen LogP contribution is 2.27. The maximum absolute atomic E-state index is 11.7. The van der Waals surface area contributed by atoms with Gasteiger partial charge in [0.25, 0.3) is 0 Å². The molecule has 0 unspecified atom stereocenters. The molecule has 3 heteroatoms. The Hall–Kier alpha value is -2.03. The van der Waals surface area contributed by atoms with Gasteiger partial charge in [-0.15, -0.1) is 0 Å². The lowest BCUT2D eigenvalue weighted by Crippen LogP contribution is -2.05. The fourth-order valence-corrected chi connectivity index (χ4v) is 1.67. The normalized spacial score (nSPS) is 10.3. The number of phenols is 1. The average Bonchev–Trinajstić information content (AvgIpc) is 2.30. The van der Waals surface area contributed by atoms with E-state index in [1.807, 2.05) is 12.1 Å². The molecule has 0 aliphatic heterocycles. The maximum Gasteiger partial charge on any atom is 0.338 e. The first-order chi connectivity index (χ1) is 7.74. The molecule has 82 valence electrons. The van der Waals surface area contributed by atoms with Crippen LogP contribution in [0.2, 0.25) is 0 Å². The van der Waals surface area contributed by atoms with Gasteiger partial charge in [-0.25, -0.2) is 4.79 Å². The summed E-state index contributed by atoms with van der Waals surface area (Å²) in [6.45, 7) is 2.11. The lowest BCUT2D eigenvalue weighted by molar-refractivity contribution is 0.0528. The number of phenolic OH excluding ortho intramolecular Hbond substituents is 1. The molecular formula is C13H12O3. The molecule has 0 aliphatic rings. The van der Waals surface area contributed by atoms with Gasteiger partial charge in [0.1, 0.15) is 5.75 Å². The molecule has 0 radical (unpaired) electrons. The maximum atomic E-state index is 11.7. The zero-order chi connectivity index (χ0) is 11.5. The lowest BCUT2D eigenvalue weighted by Gasteiger charge is -2.07. The van der Waals surface area contributed by atoms with Gasteiger partial charge in [0.05, 0.1) is 12.2 Å². The summed E-state index contributed by atoms with van der Waals surface area (Å²) in [5.74, 6) is -0.192.